The number of guanidine groups is 1. The summed E-state index contributed by atoms with van der Waals surface area (Å²) >= 11 is 2.84. The van der Waals surface area contributed by atoms with Crippen LogP contribution in [0.5, 0.6) is 5.75 Å². The first kappa shape index (κ1) is 55.6. The van der Waals surface area contributed by atoms with Gasteiger partial charge in [-0.3, -0.25) is 43.3 Å². The Bertz CT molecular complexity index is 2100. The van der Waals surface area contributed by atoms with Crippen LogP contribution in [0.15, 0.2) is 59.6 Å². The van der Waals surface area contributed by atoms with Crippen LogP contribution in [0.1, 0.15) is 89.7 Å². The van der Waals surface area contributed by atoms with Crippen LogP contribution in [-0.4, -0.2) is 118 Å². The molecule has 69 heavy (non-hydrogen) atoms. The first-order chi connectivity index (χ1) is 32.9. The first-order valence-electron chi connectivity index (χ1n) is 23.3. The van der Waals surface area contributed by atoms with Crippen molar-refractivity contribution in [2.45, 2.75) is 132 Å². The summed E-state index contributed by atoms with van der Waals surface area (Å²) in [6.07, 6.45) is 3.94. The van der Waals surface area contributed by atoms with Crippen molar-refractivity contribution < 1.29 is 43.1 Å². The van der Waals surface area contributed by atoms with Crippen LogP contribution < -0.4 is 59.6 Å². The van der Waals surface area contributed by atoms with E-state index in [-0.39, 0.29) is 56.3 Å². The Hall–Kier alpha value is -6.03. The monoisotopic (exact) mass is 995 g/mol. The Balaban J connectivity index is 1.75. The van der Waals surface area contributed by atoms with Gasteiger partial charge in [-0.15, -0.1) is 23.5 Å². The highest BCUT2D eigenvalue weighted by Gasteiger charge is 2.38. The second kappa shape index (κ2) is 27.8. The third-order valence-electron chi connectivity index (χ3n) is 11.7. The molecule has 14 N–H and O–H groups in total. The van der Waals surface area contributed by atoms with Gasteiger partial charge in [-0.25, -0.2) is 0 Å². The lowest BCUT2D eigenvalue weighted by molar-refractivity contribution is -0.136. The maximum atomic E-state index is 14.5. The quantitative estimate of drug-likeness (QED) is 0.0619. The van der Waals surface area contributed by atoms with Crippen molar-refractivity contribution in [3.05, 3.63) is 65.7 Å². The van der Waals surface area contributed by atoms with Crippen molar-refractivity contribution in [3.8, 4) is 5.75 Å². The SMILES string of the molecule is CCOc1ccc(C[C@H]2NC(=O)CC3(CCCCC3)SCSC[C@H](C(=O)N[C@H](CCCN=C(N)N)C(N)=O)NC(=O)[C@@H](CC(N)=O)NC(=O)[C@H](C(C)C)NC(=O)[C@@H](Cc3ccccc3)NC2=O)cc1. The van der Waals surface area contributed by atoms with E-state index in [0.717, 1.165) is 24.8 Å². The standard InChI is InChI=1S/C47H69N11O9S2/c1-4-67-31-17-15-30(16-18-31)23-33-41(62)55-34(22-29-12-7-5-8-13-29)43(64)58-39(28(2)3)45(66)56-35(24-37(48)59)42(63)57-36(44(65)54-32(40(49)61)14-11-21-52-46(50)51)26-68-27-69-47(25-38(60)53-33)19-9-6-10-20-47/h5,7-8,12-13,15-18,28,32-36,39H,4,6,9-11,14,19-27H2,1-3H3,(H2,48,59)(H2,49,61)(H,53,60)(H,54,65)(H,55,62)(H,56,66)(H,57,63)(H,58,64)(H4,50,51,52)/t32-,33-,34-,35-,36-,39+/m1/s1. The number of aliphatic imine (C=N–C) groups is 1. The topological polar surface area (TPSA) is 334 Å². The third-order valence-corrected chi connectivity index (χ3v) is 14.6. The molecule has 2 aromatic rings. The molecule has 1 aliphatic heterocycles. The van der Waals surface area contributed by atoms with Crippen LogP contribution in [0.3, 0.4) is 0 Å². The summed E-state index contributed by atoms with van der Waals surface area (Å²) in [7, 11) is 0. The highest BCUT2D eigenvalue weighted by atomic mass is 32.2. The Morgan fingerprint density at radius 2 is 1.39 bits per heavy atom. The number of primary amides is 2. The Morgan fingerprint density at radius 3 is 2.00 bits per heavy atom. The molecule has 22 heteroatoms. The number of nitrogens with two attached hydrogens (primary N) is 4. The molecule has 1 saturated carbocycles. The fraction of sp³-hybridized carbons (Fsp3) is 0.553. The van der Waals surface area contributed by atoms with Crippen LogP contribution in [0, 0.1) is 5.92 Å². The maximum Gasteiger partial charge on any atom is 0.244 e. The molecule has 0 radical (unpaired) electrons. The predicted molar refractivity (Wildman–Crippen MR) is 266 cm³/mol. The van der Waals surface area contributed by atoms with Gasteiger partial charge >= 0.3 is 0 Å². The fourth-order valence-corrected chi connectivity index (χ4v) is 11.1. The molecule has 20 nitrogen and oxygen atoms in total. The summed E-state index contributed by atoms with van der Waals surface area (Å²) in [6.45, 7) is 5.80. The van der Waals surface area contributed by atoms with E-state index in [1.807, 2.05) is 19.1 Å². The third kappa shape index (κ3) is 18.8. The summed E-state index contributed by atoms with van der Waals surface area (Å²) in [4.78, 5) is 114. The van der Waals surface area contributed by atoms with Crippen molar-refractivity contribution in [2.24, 2.45) is 33.8 Å². The van der Waals surface area contributed by atoms with Gasteiger partial charge in [0.2, 0.25) is 47.3 Å². The summed E-state index contributed by atoms with van der Waals surface area (Å²) < 4.78 is 5.08. The van der Waals surface area contributed by atoms with Crippen LogP contribution in [0.2, 0.25) is 0 Å². The predicted octanol–water partition coefficient (Wildman–Crippen LogP) is 0.380. The number of carbonyl (C=O) groups is 8. The summed E-state index contributed by atoms with van der Waals surface area (Å²) in [5.41, 5.74) is 23.5. The minimum Gasteiger partial charge on any atom is -0.494 e. The number of hydrogen-bond acceptors (Lipinski definition) is 12. The van der Waals surface area contributed by atoms with Crippen LogP contribution in [-0.2, 0) is 51.2 Å². The number of benzene rings is 2. The number of amides is 8. The fourth-order valence-electron chi connectivity index (χ4n) is 8.08. The van der Waals surface area contributed by atoms with E-state index in [9.17, 15) is 38.4 Å². The molecule has 0 bridgehead atoms. The molecule has 6 atom stereocenters. The van der Waals surface area contributed by atoms with Crippen molar-refractivity contribution in [3.63, 3.8) is 0 Å². The molecule has 1 heterocycles. The van der Waals surface area contributed by atoms with E-state index in [4.69, 9.17) is 27.7 Å². The van der Waals surface area contributed by atoms with Gasteiger partial charge in [0.1, 0.15) is 42.0 Å². The zero-order valence-electron chi connectivity index (χ0n) is 39.6. The van der Waals surface area contributed by atoms with Crippen molar-refractivity contribution in [1.29, 1.82) is 0 Å². The average molecular weight is 996 g/mol. The van der Waals surface area contributed by atoms with Crippen molar-refractivity contribution in [1.82, 2.24) is 31.9 Å². The van der Waals surface area contributed by atoms with Gasteiger partial charge in [-0.05, 0) is 61.8 Å². The number of nitrogens with zero attached hydrogens (tertiary/aromatic N) is 1. The molecular formula is C47H69N11O9S2. The van der Waals surface area contributed by atoms with Gasteiger partial charge < -0.3 is 59.6 Å². The number of rotatable bonds is 16. The van der Waals surface area contributed by atoms with Gasteiger partial charge in [-0.2, -0.15) is 0 Å². The highest BCUT2D eigenvalue weighted by molar-refractivity contribution is 8.16. The van der Waals surface area contributed by atoms with Gasteiger partial charge in [0.25, 0.3) is 0 Å². The van der Waals surface area contributed by atoms with E-state index < -0.39 is 94.7 Å². The summed E-state index contributed by atoms with van der Waals surface area (Å²) in [6, 6.07) is 8.34. The molecule has 2 aliphatic rings. The lowest BCUT2D eigenvalue weighted by Gasteiger charge is -2.37. The van der Waals surface area contributed by atoms with Gasteiger partial charge in [0.15, 0.2) is 5.96 Å². The number of carbonyl (C=O) groups excluding carboxylic acids is 8. The molecule has 378 valence electrons. The molecule has 1 saturated heterocycles. The van der Waals surface area contributed by atoms with E-state index >= 15 is 0 Å². The van der Waals surface area contributed by atoms with Gasteiger partial charge in [-0.1, -0.05) is 75.6 Å². The lowest BCUT2D eigenvalue weighted by Crippen LogP contribution is -2.61. The van der Waals surface area contributed by atoms with Crippen LogP contribution in [0.25, 0.3) is 0 Å². The molecule has 0 unspecified atom stereocenters. The number of ether oxygens (including phenoxy) is 1. The van der Waals surface area contributed by atoms with Crippen molar-refractivity contribution >= 4 is 76.7 Å². The van der Waals surface area contributed by atoms with Crippen LogP contribution >= 0.6 is 23.5 Å². The Labute approximate surface area is 411 Å². The van der Waals surface area contributed by atoms with E-state index in [1.165, 1.54) is 11.8 Å². The number of thioether (sulfide) groups is 2. The van der Waals surface area contributed by atoms with Crippen LogP contribution in [0.4, 0.5) is 0 Å². The molecule has 2 aromatic carbocycles. The Kier molecular flexibility index (Phi) is 22.4. The highest BCUT2D eigenvalue weighted by Crippen LogP contribution is 2.44. The van der Waals surface area contributed by atoms with E-state index in [2.05, 4.69) is 36.9 Å². The van der Waals surface area contributed by atoms with E-state index in [0.29, 0.717) is 35.8 Å². The van der Waals surface area contributed by atoms with Crippen molar-refractivity contribution in [2.75, 3.05) is 24.0 Å². The zero-order chi connectivity index (χ0) is 50.5. The normalized spacial score (nSPS) is 22.6. The molecule has 8 amide bonds. The Morgan fingerprint density at radius 1 is 0.783 bits per heavy atom. The minimum atomic E-state index is -1.60. The summed E-state index contributed by atoms with van der Waals surface area (Å²) in [5, 5.41) is 16.8. The average Bonchev–Trinajstić information content (AvgIpc) is 3.29. The van der Waals surface area contributed by atoms with E-state index in [1.54, 1.807) is 68.1 Å². The molecule has 1 spiro atoms. The number of hydrogen-bond donors (Lipinski definition) is 10. The lowest BCUT2D eigenvalue weighted by atomic mass is 9.85. The van der Waals surface area contributed by atoms with Gasteiger partial charge in [0, 0.05) is 41.4 Å². The molecule has 1 aliphatic carbocycles. The zero-order valence-corrected chi connectivity index (χ0v) is 41.2. The maximum absolute atomic E-state index is 14.5. The second-order valence-electron chi connectivity index (χ2n) is 17.6. The smallest absolute Gasteiger partial charge is 0.244 e. The number of nitrogens with one attached hydrogen (secondary N) is 6. The molecular weight excluding hydrogens is 927 g/mol. The first-order valence-corrected chi connectivity index (χ1v) is 25.4. The minimum absolute atomic E-state index is 0.00895. The van der Waals surface area contributed by atoms with Gasteiger partial charge in [0.05, 0.1) is 13.0 Å². The second-order valence-corrected chi connectivity index (χ2v) is 20.5. The molecule has 0 aromatic heterocycles. The molecule has 2 fully saturated rings. The molecule has 4 rings (SSSR count). The largest absolute Gasteiger partial charge is 0.494 e. The summed E-state index contributed by atoms with van der Waals surface area (Å²) in [5.74, 6) is -6.21.